The van der Waals surface area contributed by atoms with Crippen LogP contribution in [-0.2, 0) is 14.1 Å². The molecule has 0 unspecified atom stereocenters. The monoisotopic (exact) mass is 307 g/mol. The molecule has 0 bridgehead atoms. The van der Waals surface area contributed by atoms with Crippen LogP contribution in [0.3, 0.4) is 0 Å². The molecule has 1 aromatic rings. The second kappa shape index (κ2) is 6.34. The molecule has 1 aliphatic rings. The Hall–Kier alpha value is -2.11. The van der Waals surface area contributed by atoms with Crippen molar-refractivity contribution in [2.45, 2.75) is 13.0 Å². The van der Waals surface area contributed by atoms with Gasteiger partial charge in [-0.25, -0.2) is 4.79 Å². The van der Waals surface area contributed by atoms with Crippen molar-refractivity contribution in [3.05, 3.63) is 26.4 Å². The maximum absolute atomic E-state index is 12.1. The standard InChI is InChI=1S/C14H21N5O3/c1-10(20)9-18-4-6-19(7-5-18)12-11(8-15)13(21)17(3)14(22)16(12)2/h10,20H,4-7,9H2,1-3H3/t10-/m0/s1. The summed E-state index contributed by atoms with van der Waals surface area (Å²) in [6, 6.07) is 1.93. The Balaban J connectivity index is 2.34. The SMILES string of the molecule is C[C@H](O)CN1CCN(c2c(C#N)c(=O)n(C)c(=O)n2C)CC1. The largest absolute Gasteiger partial charge is 0.392 e. The van der Waals surface area contributed by atoms with Gasteiger partial charge in [-0.3, -0.25) is 18.8 Å². The first-order valence-corrected chi connectivity index (χ1v) is 7.22. The minimum Gasteiger partial charge on any atom is -0.392 e. The van der Waals surface area contributed by atoms with E-state index in [0.717, 1.165) is 4.57 Å². The van der Waals surface area contributed by atoms with Crippen LogP contribution >= 0.6 is 0 Å². The van der Waals surface area contributed by atoms with Crippen molar-refractivity contribution >= 4 is 5.82 Å². The average Bonchev–Trinajstić information content (AvgIpc) is 2.49. The molecule has 2 heterocycles. The van der Waals surface area contributed by atoms with Crippen LogP contribution in [0.1, 0.15) is 12.5 Å². The van der Waals surface area contributed by atoms with Gasteiger partial charge >= 0.3 is 5.69 Å². The number of nitriles is 1. The molecule has 1 aromatic heterocycles. The van der Waals surface area contributed by atoms with Crippen molar-refractivity contribution in [1.29, 1.82) is 5.26 Å². The molecule has 22 heavy (non-hydrogen) atoms. The van der Waals surface area contributed by atoms with Crippen LogP contribution in [-0.4, -0.2) is 58.0 Å². The summed E-state index contributed by atoms with van der Waals surface area (Å²) in [6.07, 6.45) is -0.394. The first kappa shape index (κ1) is 16.3. The Bertz CT molecular complexity index is 705. The molecule has 1 fully saturated rings. The van der Waals surface area contributed by atoms with E-state index in [1.807, 2.05) is 11.0 Å². The van der Waals surface area contributed by atoms with Gasteiger partial charge in [0.25, 0.3) is 5.56 Å². The number of piperazine rings is 1. The second-order valence-electron chi connectivity index (χ2n) is 5.65. The molecular formula is C14H21N5O3. The summed E-state index contributed by atoms with van der Waals surface area (Å²) in [5.74, 6) is 0.382. The molecule has 1 atom stereocenters. The molecule has 120 valence electrons. The van der Waals surface area contributed by atoms with Crippen LogP contribution in [0.2, 0.25) is 0 Å². The van der Waals surface area contributed by atoms with Gasteiger partial charge in [-0.05, 0) is 6.92 Å². The summed E-state index contributed by atoms with van der Waals surface area (Å²) in [6.45, 7) is 4.95. The van der Waals surface area contributed by atoms with Crippen LogP contribution < -0.4 is 16.1 Å². The third-order valence-corrected chi connectivity index (χ3v) is 3.94. The number of anilines is 1. The Morgan fingerprint density at radius 1 is 1.18 bits per heavy atom. The highest BCUT2D eigenvalue weighted by molar-refractivity contribution is 5.53. The smallest absolute Gasteiger partial charge is 0.332 e. The minimum atomic E-state index is -0.563. The zero-order chi connectivity index (χ0) is 16.4. The lowest BCUT2D eigenvalue weighted by molar-refractivity contribution is 0.122. The summed E-state index contributed by atoms with van der Waals surface area (Å²) < 4.78 is 2.30. The molecule has 1 N–H and O–H groups in total. The second-order valence-corrected chi connectivity index (χ2v) is 5.65. The maximum atomic E-state index is 12.1. The number of hydrogen-bond acceptors (Lipinski definition) is 6. The highest BCUT2D eigenvalue weighted by Gasteiger charge is 2.24. The lowest BCUT2D eigenvalue weighted by atomic mass is 10.2. The normalized spacial score (nSPS) is 17.3. The maximum Gasteiger partial charge on any atom is 0.332 e. The Morgan fingerprint density at radius 2 is 1.77 bits per heavy atom. The van der Waals surface area contributed by atoms with Gasteiger partial charge in [0.1, 0.15) is 11.9 Å². The molecular weight excluding hydrogens is 286 g/mol. The van der Waals surface area contributed by atoms with Gasteiger partial charge in [-0.15, -0.1) is 0 Å². The van der Waals surface area contributed by atoms with Crippen LogP contribution in [0.4, 0.5) is 5.82 Å². The van der Waals surface area contributed by atoms with Gasteiger partial charge < -0.3 is 10.0 Å². The molecule has 0 aliphatic carbocycles. The quantitative estimate of drug-likeness (QED) is 0.727. The van der Waals surface area contributed by atoms with Crippen LogP contribution in [0, 0.1) is 11.3 Å². The summed E-state index contributed by atoms with van der Waals surface area (Å²) in [5, 5.41) is 18.7. The molecule has 0 radical (unpaired) electrons. The lowest BCUT2D eigenvalue weighted by Gasteiger charge is -2.37. The summed E-state index contributed by atoms with van der Waals surface area (Å²) >= 11 is 0. The predicted octanol–water partition coefficient (Wildman–Crippen LogP) is -1.54. The van der Waals surface area contributed by atoms with E-state index < -0.39 is 17.4 Å². The first-order valence-electron chi connectivity index (χ1n) is 7.22. The van der Waals surface area contributed by atoms with E-state index in [2.05, 4.69) is 4.90 Å². The molecule has 2 rings (SSSR count). The van der Waals surface area contributed by atoms with Gasteiger partial charge in [0, 0.05) is 46.8 Å². The zero-order valence-corrected chi connectivity index (χ0v) is 13.1. The molecule has 8 heteroatoms. The van der Waals surface area contributed by atoms with Gasteiger partial charge in [-0.1, -0.05) is 0 Å². The Labute approximate surface area is 128 Å². The molecule has 0 aromatic carbocycles. The number of hydrogen-bond donors (Lipinski definition) is 1. The van der Waals surface area contributed by atoms with E-state index in [1.54, 1.807) is 14.0 Å². The fourth-order valence-corrected chi connectivity index (χ4v) is 2.82. The van der Waals surface area contributed by atoms with E-state index in [9.17, 15) is 20.0 Å². The first-order chi connectivity index (χ1) is 10.4. The van der Waals surface area contributed by atoms with E-state index in [-0.39, 0.29) is 5.56 Å². The molecule has 8 nitrogen and oxygen atoms in total. The zero-order valence-electron chi connectivity index (χ0n) is 13.1. The molecule has 0 saturated carbocycles. The topological polar surface area (TPSA) is 94.5 Å². The predicted molar refractivity (Wildman–Crippen MR) is 82.0 cm³/mol. The number of aliphatic hydroxyl groups excluding tert-OH is 1. The molecule has 1 aliphatic heterocycles. The number of aliphatic hydroxyl groups is 1. The third-order valence-electron chi connectivity index (χ3n) is 3.94. The number of nitrogens with zero attached hydrogens (tertiary/aromatic N) is 5. The fraction of sp³-hybridized carbons (Fsp3) is 0.643. The van der Waals surface area contributed by atoms with E-state index in [0.29, 0.717) is 38.5 Å². The highest BCUT2D eigenvalue weighted by Crippen LogP contribution is 2.16. The lowest BCUT2D eigenvalue weighted by Crippen LogP contribution is -2.51. The van der Waals surface area contributed by atoms with Gasteiger partial charge in [0.2, 0.25) is 0 Å². The summed E-state index contributed by atoms with van der Waals surface area (Å²) in [7, 11) is 2.94. The van der Waals surface area contributed by atoms with Gasteiger partial charge in [0.05, 0.1) is 6.10 Å². The highest BCUT2D eigenvalue weighted by atomic mass is 16.3. The van der Waals surface area contributed by atoms with Crippen molar-refractivity contribution in [3.8, 4) is 6.07 Å². The van der Waals surface area contributed by atoms with E-state index >= 15 is 0 Å². The van der Waals surface area contributed by atoms with Crippen LogP contribution in [0.25, 0.3) is 0 Å². The molecule has 1 saturated heterocycles. The van der Waals surface area contributed by atoms with E-state index in [4.69, 9.17) is 0 Å². The van der Waals surface area contributed by atoms with Crippen molar-refractivity contribution in [2.75, 3.05) is 37.6 Å². The summed E-state index contributed by atoms with van der Waals surface area (Å²) in [4.78, 5) is 28.2. The summed E-state index contributed by atoms with van der Waals surface area (Å²) in [5.41, 5.74) is -1.01. The van der Waals surface area contributed by atoms with Crippen molar-refractivity contribution in [2.24, 2.45) is 14.1 Å². The van der Waals surface area contributed by atoms with Crippen LogP contribution in [0.15, 0.2) is 9.59 Å². The van der Waals surface area contributed by atoms with Gasteiger partial charge in [-0.2, -0.15) is 5.26 Å². The Kier molecular flexibility index (Phi) is 4.68. The number of aromatic nitrogens is 2. The number of rotatable bonds is 3. The van der Waals surface area contributed by atoms with Crippen LogP contribution in [0.5, 0.6) is 0 Å². The van der Waals surface area contributed by atoms with Gasteiger partial charge in [0.15, 0.2) is 5.56 Å². The van der Waals surface area contributed by atoms with Crippen molar-refractivity contribution in [3.63, 3.8) is 0 Å². The third kappa shape index (κ3) is 2.91. The molecule has 0 spiro atoms. The molecule has 0 amide bonds. The minimum absolute atomic E-state index is 0.00595. The van der Waals surface area contributed by atoms with E-state index in [1.165, 1.54) is 11.6 Å². The fourth-order valence-electron chi connectivity index (χ4n) is 2.82. The van der Waals surface area contributed by atoms with Crippen molar-refractivity contribution < 1.29 is 5.11 Å². The average molecular weight is 307 g/mol. The Morgan fingerprint density at radius 3 is 2.27 bits per heavy atom. The number of β-amino-alcohol motifs (C(OH)–C–C–N with tert-alkyl or cyclic N) is 1. The van der Waals surface area contributed by atoms with Crippen molar-refractivity contribution in [1.82, 2.24) is 14.0 Å².